The van der Waals surface area contributed by atoms with Gasteiger partial charge in [0.2, 0.25) is 0 Å². The number of benzene rings is 8. The summed E-state index contributed by atoms with van der Waals surface area (Å²) in [5, 5.41) is 1.08. The molecule has 695 valence electrons. The Balaban J connectivity index is 0.000000145. The minimum Gasteiger partial charge on any atom is -0.501 e. The average molecular weight is 2700 g/mol. The van der Waals surface area contributed by atoms with E-state index in [2.05, 4.69) is 335 Å². The van der Waals surface area contributed by atoms with E-state index in [1.165, 1.54) is 60.6 Å². The van der Waals surface area contributed by atoms with Crippen LogP contribution in [0.5, 0.6) is 0 Å². The van der Waals surface area contributed by atoms with Crippen molar-refractivity contribution in [2.24, 2.45) is 14.1 Å². The SMILES string of the molecule is Cc1nc2cc(-c3nc(C)c(C)n3-c3c(C(C)C)cccc3C(C)C)[c-]cc2s1.Cc1nc2cc(-c3nccn3-c3c(C)cccc3C)[c-]nc2o1.Cc1nc2n[c-]c(-c3nccn3-c3c(-c4ccccc4)cccc3-c3ccccc3)nc2n1C.Cc1nc2nc(-c3nccn3-c3c(C)cc(-c4ccccc4)cc3C)[c-]cc2o1.Cc1nc2nc(-c3nccn3C)[c-]cc2o1.[Ir].[Ir].[Ir].[Ir].[Ir]. The molecule has 22 rings (SSSR count). The van der Waals surface area contributed by atoms with Crippen LogP contribution in [0.2, 0.25) is 0 Å². The summed E-state index contributed by atoms with van der Waals surface area (Å²) in [7, 11) is 3.85. The normalized spacial score (nSPS) is 11.0. The van der Waals surface area contributed by atoms with Gasteiger partial charge in [0.25, 0.3) is 0 Å². The molecule has 22 aromatic rings. The van der Waals surface area contributed by atoms with E-state index in [1.54, 1.807) is 62.1 Å². The first-order valence-corrected chi connectivity index (χ1v) is 43.9. The van der Waals surface area contributed by atoms with Gasteiger partial charge in [-0.3, -0.25) is 49.8 Å². The van der Waals surface area contributed by atoms with Crippen LogP contribution in [0.25, 0.3) is 169 Å². The zero-order chi connectivity index (χ0) is 91.0. The van der Waals surface area contributed by atoms with Gasteiger partial charge in [0.05, 0.1) is 62.5 Å². The number of fused-ring (bicyclic) bond motifs is 5. The maximum Gasteiger partial charge on any atom is 0.181 e. The van der Waals surface area contributed by atoms with Crippen LogP contribution in [0.15, 0.2) is 251 Å². The number of pyridine rings is 3. The first kappa shape index (κ1) is 101. The smallest absolute Gasteiger partial charge is 0.181 e. The number of aromatic nitrogens is 21. The van der Waals surface area contributed by atoms with Gasteiger partial charge in [0, 0.05) is 236 Å². The second kappa shape index (κ2) is 43.6. The minimum atomic E-state index is 0. The fourth-order valence-corrected chi connectivity index (χ4v) is 17.3. The molecule has 30 heteroatoms. The Morgan fingerprint density at radius 2 is 0.860 bits per heavy atom. The molecule has 0 N–H and O–H groups in total. The Morgan fingerprint density at radius 1 is 0.368 bits per heavy atom. The number of rotatable bonds is 14. The monoisotopic (exact) mass is 2700 g/mol. The first-order chi connectivity index (χ1) is 63.4. The van der Waals surface area contributed by atoms with E-state index < -0.39 is 0 Å². The van der Waals surface area contributed by atoms with Crippen LogP contribution in [-0.4, -0.2) is 102 Å². The molecule has 0 amide bonds. The number of thiazole rings is 1. The number of para-hydroxylation sites is 3. The largest absolute Gasteiger partial charge is 0.501 e. The Kier molecular flexibility index (Phi) is 32.3. The zero-order valence-electron chi connectivity index (χ0n) is 77.4. The maximum atomic E-state index is 5.52. The summed E-state index contributed by atoms with van der Waals surface area (Å²) in [5.41, 5.74) is 30.7. The molecule has 136 heavy (non-hydrogen) atoms. The van der Waals surface area contributed by atoms with Gasteiger partial charge in [0.1, 0.15) is 16.9 Å². The molecule has 0 aliphatic carbocycles. The molecule has 0 aliphatic rings. The third-order valence-electron chi connectivity index (χ3n) is 22.8. The Hall–Kier alpha value is -12.6. The summed E-state index contributed by atoms with van der Waals surface area (Å²) in [6.45, 7) is 31.1. The van der Waals surface area contributed by atoms with Crippen LogP contribution in [-0.2, 0) is 115 Å². The maximum absolute atomic E-state index is 5.52. The van der Waals surface area contributed by atoms with Crippen molar-refractivity contribution in [3.05, 3.63) is 341 Å². The summed E-state index contributed by atoms with van der Waals surface area (Å²) >= 11 is 1.71. The third-order valence-corrected chi connectivity index (χ3v) is 23.8. The fourth-order valence-electron chi connectivity index (χ4n) is 16.5. The van der Waals surface area contributed by atoms with Gasteiger partial charge in [-0.2, -0.15) is 11.3 Å². The van der Waals surface area contributed by atoms with Gasteiger partial charge in [-0.15, -0.1) is 54.1 Å². The first-order valence-electron chi connectivity index (χ1n) is 43.1. The third kappa shape index (κ3) is 20.9. The summed E-state index contributed by atoms with van der Waals surface area (Å²) in [6, 6.07) is 74.3. The molecule has 0 atom stereocenters. The molecule has 14 heterocycles. The van der Waals surface area contributed by atoms with Gasteiger partial charge in [-0.1, -0.05) is 179 Å². The van der Waals surface area contributed by atoms with Crippen molar-refractivity contribution < 1.29 is 114 Å². The molecule has 0 unspecified atom stereocenters. The standard InChI is InChI=1S/C28H21N6.C25H28N3S.C24H19N4O.C18H15N4O.C11H9N4O.5Ir/c1-19-31-26-28(33(19)2)32-24(18-30-26)27-29-16-17-34(27)25-22(20-10-5-3-6-11-20)14-9-15-23(25)21-12-7-4-8-13-21;1-14(2)20-9-8-10-21(15(3)4)24(20)28-17(6)16(5)26-25(28)19-11-12-23-22(13-19)27-18(7)29-23;1-15-13-19(18-7-5-4-6-8-18)14-16(2)22(15)28-12-11-25-24(28)20-9-10-21-23(27-20)26-17(3)29-21;1-11-5-4-6-12(2)16(11)22-8-7-19-17(22)14-9-15-18(20-10-14)23-13(3)21-15;1-7-13-10-9(16-7)4-3-8(14-10)11-12-5-6-15(11)2;;;;;/h3-17H,1-2H3;8-10,12-15H,1-7H3;4-8,10-14H,1-3H3;4-9H,1-3H3;4-6H,1-2H3;;;;;/q5*-1;;;;;. The van der Waals surface area contributed by atoms with Crippen molar-refractivity contribution in [1.82, 2.24) is 102 Å². The summed E-state index contributed by atoms with van der Waals surface area (Å²) in [6.07, 6.45) is 20.9. The second-order valence-corrected chi connectivity index (χ2v) is 33.9. The Bertz CT molecular complexity index is 7830. The molecule has 0 spiro atoms. The summed E-state index contributed by atoms with van der Waals surface area (Å²) in [5.74, 6) is 7.39. The molecule has 24 nitrogen and oxygen atoms in total. The van der Waals surface area contributed by atoms with Crippen LogP contribution in [0, 0.1) is 107 Å². The number of aryl methyl sites for hydroxylation is 12. The van der Waals surface area contributed by atoms with Crippen LogP contribution in [0.3, 0.4) is 0 Å². The van der Waals surface area contributed by atoms with E-state index in [0.29, 0.717) is 97.4 Å². The van der Waals surface area contributed by atoms with Crippen molar-refractivity contribution in [3.8, 4) is 113 Å². The van der Waals surface area contributed by atoms with Crippen molar-refractivity contribution in [3.63, 3.8) is 0 Å². The van der Waals surface area contributed by atoms with Gasteiger partial charge in [-0.05, 0) is 169 Å². The zero-order valence-corrected chi connectivity index (χ0v) is 90.2. The van der Waals surface area contributed by atoms with Crippen molar-refractivity contribution in [2.75, 3.05) is 0 Å². The minimum absolute atomic E-state index is 0. The Labute approximate surface area is 859 Å². The summed E-state index contributed by atoms with van der Waals surface area (Å²) < 4.78 is 29.8. The predicted octanol–water partition coefficient (Wildman–Crippen LogP) is 23.8. The van der Waals surface area contributed by atoms with E-state index in [-0.39, 0.29) is 101 Å². The van der Waals surface area contributed by atoms with Gasteiger partial charge in [-0.25, -0.2) is 15.0 Å². The van der Waals surface area contributed by atoms with Crippen LogP contribution < -0.4 is 0 Å². The quantitative estimate of drug-likeness (QED) is 0.0916. The molecule has 0 fully saturated rings. The molecule has 0 saturated carbocycles. The number of hydrogen-bond acceptors (Lipinski definition) is 19. The number of hydrogen-bond donors (Lipinski definition) is 0. The molecule has 8 aromatic carbocycles. The molecule has 5 radical (unpaired) electrons. The van der Waals surface area contributed by atoms with Gasteiger partial charge < -0.3 is 50.6 Å². The van der Waals surface area contributed by atoms with Crippen molar-refractivity contribution >= 4 is 66.5 Å². The molecule has 14 aromatic heterocycles. The van der Waals surface area contributed by atoms with Crippen molar-refractivity contribution in [1.29, 1.82) is 0 Å². The van der Waals surface area contributed by atoms with E-state index in [0.717, 1.165) is 95.8 Å². The van der Waals surface area contributed by atoms with Crippen molar-refractivity contribution in [2.45, 2.75) is 116 Å². The van der Waals surface area contributed by atoms with Crippen LogP contribution in [0.1, 0.15) is 113 Å². The molecule has 0 aliphatic heterocycles. The van der Waals surface area contributed by atoms with E-state index in [1.807, 2.05) is 93.1 Å². The number of oxazole rings is 3. The van der Waals surface area contributed by atoms with E-state index in [4.69, 9.17) is 23.2 Å². The number of imidazole rings is 6. The van der Waals surface area contributed by atoms with Gasteiger partial charge in [0.15, 0.2) is 23.4 Å². The topological polar surface area (TPSA) is 262 Å². The fraction of sp³-hybridized carbons (Fsp3) is 0.179. The van der Waals surface area contributed by atoms with E-state index >= 15 is 0 Å². The second-order valence-electron chi connectivity index (χ2n) is 32.7. The predicted molar refractivity (Wildman–Crippen MR) is 515 cm³/mol. The summed E-state index contributed by atoms with van der Waals surface area (Å²) in [4.78, 5) is 67.4. The van der Waals surface area contributed by atoms with Gasteiger partial charge >= 0.3 is 0 Å². The number of nitrogens with zero attached hydrogens (tertiary/aromatic N) is 21. The average Bonchev–Trinajstić information content (AvgIpc) is 1.69. The Morgan fingerprint density at radius 3 is 1.43 bits per heavy atom. The molecular formula is C106H92Ir5N21O3S-5. The molecular weight excluding hydrogens is 2610 g/mol. The molecule has 0 bridgehead atoms. The van der Waals surface area contributed by atoms with E-state index in [9.17, 15) is 0 Å². The van der Waals surface area contributed by atoms with Crippen LogP contribution in [0.4, 0.5) is 0 Å². The van der Waals surface area contributed by atoms with Crippen LogP contribution >= 0.6 is 11.3 Å². The molecule has 0 saturated heterocycles.